The van der Waals surface area contributed by atoms with E-state index < -0.39 is 17.6 Å². The molecule has 2 saturated heterocycles. The number of halogens is 3. The van der Waals surface area contributed by atoms with Gasteiger partial charge in [0.05, 0.1) is 31.4 Å². The van der Waals surface area contributed by atoms with Crippen molar-refractivity contribution in [1.82, 2.24) is 5.32 Å². The summed E-state index contributed by atoms with van der Waals surface area (Å²) in [4.78, 5) is 12.4. The molecular formula is C21H20F3NO4. The number of amides is 1. The molecule has 2 aliphatic heterocycles. The van der Waals surface area contributed by atoms with Gasteiger partial charge in [-0.15, -0.1) is 0 Å². The average molecular weight is 407 g/mol. The van der Waals surface area contributed by atoms with Crippen LogP contribution in [0.2, 0.25) is 0 Å². The lowest BCUT2D eigenvalue weighted by Gasteiger charge is -2.18. The maximum absolute atomic E-state index is 12.7. The molecular weight excluding hydrogens is 387 g/mol. The molecule has 8 heteroatoms. The van der Waals surface area contributed by atoms with Crippen LogP contribution in [0.25, 0.3) is 0 Å². The van der Waals surface area contributed by atoms with Gasteiger partial charge in [-0.1, -0.05) is 30.3 Å². The standard InChI is InChI=1S/C21H20F3NO4/c22-21(23,24)15-8-6-14(7-9-15)20(26)25-16-11-28-19-17(12-29-18(16)19)27-10-13-4-2-1-3-5-13/h1-9,16-19H,10-12H2,(H,25,26)/t16-,17-,18-,19+/m0/s1. The van der Waals surface area contributed by atoms with E-state index in [1.54, 1.807) is 0 Å². The van der Waals surface area contributed by atoms with Crippen LogP contribution in [0.4, 0.5) is 13.2 Å². The number of carbonyl (C=O) groups is 1. The van der Waals surface area contributed by atoms with Crippen molar-refractivity contribution < 1.29 is 32.2 Å². The average Bonchev–Trinajstić information content (AvgIpc) is 3.30. The van der Waals surface area contributed by atoms with E-state index in [0.717, 1.165) is 29.8 Å². The molecule has 1 amide bonds. The highest BCUT2D eigenvalue weighted by atomic mass is 19.4. The number of carbonyl (C=O) groups excluding carboxylic acids is 1. The van der Waals surface area contributed by atoms with Crippen LogP contribution in [0.3, 0.4) is 0 Å². The molecule has 0 bridgehead atoms. The van der Waals surface area contributed by atoms with Gasteiger partial charge in [0.1, 0.15) is 18.3 Å². The first-order chi connectivity index (χ1) is 13.9. The molecule has 2 fully saturated rings. The summed E-state index contributed by atoms with van der Waals surface area (Å²) in [5.74, 6) is -0.467. The van der Waals surface area contributed by atoms with E-state index in [0.29, 0.717) is 13.2 Å². The molecule has 0 aromatic heterocycles. The number of ether oxygens (including phenoxy) is 3. The van der Waals surface area contributed by atoms with E-state index in [1.807, 2.05) is 30.3 Å². The Morgan fingerprint density at radius 1 is 1.00 bits per heavy atom. The third kappa shape index (κ3) is 4.44. The van der Waals surface area contributed by atoms with Crippen molar-refractivity contribution >= 4 is 5.91 Å². The number of nitrogens with one attached hydrogen (secondary N) is 1. The van der Waals surface area contributed by atoms with Crippen LogP contribution in [-0.2, 0) is 27.0 Å². The second kappa shape index (κ2) is 8.14. The summed E-state index contributed by atoms with van der Waals surface area (Å²) in [5.41, 5.74) is 0.397. The van der Waals surface area contributed by atoms with Gasteiger partial charge in [0.15, 0.2) is 0 Å². The lowest BCUT2D eigenvalue weighted by molar-refractivity contribution is -0.137. The summed E-state index contributed by atoms with van der Waals surface area (Å²) in [6, 6.07) is 13.5. The first-order valence-corrected chi connectivity index (χ1v) is 9.28. The largest absolute Gasteiger partial charge is 0.416 e. The summed E-state index contributed by atoms with van der Waals surface area (Å²) in [6.45, 7) is 1.05. The van der Waals surface area contributed by atoms with Crippen LogP contribution < -0.4 is 5.32 Å². The number of fused-ring (bicyclic) bond motifs is 1. The van der Waals surface area contributed by atoms with Gasteiger partial charge in [-0.25, -0.2) is 0 Å². The van der Waals surface area contributed by atoms with Gasteiger partial charge in [0.2, 0.25) is 0 Å². The highest BCUT2D eigenvalue weighted by molar-refractivity contribution is 5.94. The Hall–Kier alpha value is -2.42. The molecule has 0 radical (unpaired) electrons. The fourth-order valence-electron chi connectivity index (χ4n) is 3.57. The van der Waals surface area contributed by atoms with Gasteiger partial charge in [-0.3, -0.25) is 4.79 Å². The van der Waals surface area contributed by atoms with Crippen molar-refractivity contribution in [3.05, 3.63) is 71.3 Å². The summed E-state index contributed by atoms with van der Waals surface area (Å²) in [7, 11) is 0. The lowest BCUT2D eigenvalue weighted by Crippen LogP contribution is -2.44. The van der Waals surface area contributed by atoms with Gasteiger partial charge in [-0.2, -0.15) is 13.2 Å². The Morgan fingerprint density at radius 2 is 1.69 bits per heavy atom. The molecule has 1 N–H and O–H groups in total. The first-order valence-electron chi connectivity index (χ1n) is 9.28. The van der Waals surface area contributed by atoms with Crippen LogP contribution >= 0.6 is 0 Å². The third-order valence-corrected chi connectivity index (χ3v) is 5.11. The number of alkyl halides is 3. The van der Waals surface area contributed by atoms with Crippen LogP contribution in [0.15, 0.2) is 54.6 Å². The summed E-state index contributed by atoms with van der Waals surface area (Å²) in [6.07, 6.45) is -5.33. The zero-order valence-electron chi connectivity index (χ0n) is 15.4. The summed E-state index contributed by atoms with van der Waals surface area (Å²) in [5, 5.41) is 2.79. The highest BCUT2D eigenvalue weighted by Gasteiger charge is 2.48. The Balaban J connectivity index is 1.32. The van der Waals surface area contributed by atoms with E-state index in [-0.39, 0.29) is 36.5 Å². The smallest absolute Gasteiger partial charge is 0.370 e. The third-order valence-electron chi connectivity index (χ3n) is 5.11. The molecule has 154 valence electrons. The predicted molar refractivity (Wildman–Crippen MR) is 97.2 cm³/mol. The van der Waals surface area contributed by atoms with Gasteiger partial charge in [-0.05, 0) is 29.8 Å². The highest BCUT2D eigenvalue weighted by Crippen LogP contribution is 2.31. The van der Waals surface area contributed by atoms with Gasteiger partial charge >= 0.3 is 6.18 Å². The van der Waals surface area contributed by atoms with Crippen molar-refractivity contribution in [2.45, 2.75) is 37.1 Å². The van der Waals surface area contributed by atoms with Crippen molar-refractivity contribution in [2.75, 3.05) is 13.2 Å². The molecule has 2 aromatic carbocycles. The van der Waals surface area contributed by atoms with E-state index in [1.165, 1.54) is 0 Å². The predicted octanol–water partition coefficient (Wildman–Crippen LogP) is 3.19. The fraction of sp³-hybridized carbons (Fsp3) is 0.381. The Labute approximate surface area is 165 Å². The quantitative estimate of drug-likeness (QED) is 0.827. The van der Waals surface area contributed by atoms with Crippen LogP contribution in [0.1, 0.15) is 21.5 Å². The minimum absolute atomic E-state index is 0.149. The molecule has 0 unspecified atom stereocenters. The molecule has 5 nitrogen and oxygen atoms in total. The molecule has 4 atom stereocenters. The number of hydrogen-bond acceptors (Lipinski definition) is 4. The number of benzene rings is 2. The van der Waals surface area contributed by atoms with Gasteiger partial charge in [0, 0.05) is 5.56 Å². The van der Waals surface area contributed by atoms with Crippen molar-refractivity contribution in [2.24, 2.45) is 0 Å². The normalized spacial score (nSPS) is 26.3. The monoisotopic (exact) mass is 407 g/mol. The van der Waals surface area contributed by atoms with Crippen LogP contribution in [-0.4, -0.2) is 43.5 Å². The van der Waals surface area contributed by atoms with Gasteiger partial charge < -0.3 is 19.5 Å². The summed E-state index contributed by atoms with van der Waals surface area (Å²) >= 11 is 0. The second-order valence-electron chi connectivity index (χ2n) is 7.09. The Kier molecular flexibility index (Phi) is 5.58. The molecule has 2 aromatic rings. The van der Waals surface area contributed by atoms with Crippen molar-refractivity contribution in [3.63, 3.8) is 0 Å². The molecule has 29 heavy (non-hydrogen) atoms. The first kappa shape index (κ1) is 19.9. The van der Waals surface area contributed by atoms with E-state index in [9.17, 15) is 18.0 Å². The molecule has 4 rings (SSSR count). The van der Waals surface area contributed by atoms with Crippen molar-refractivity contribution in [1.29, 1.82) is 0 Å². The summed E-state index contributed by atoms with van der Waals surface area (Å²) < 4.78 is 55.4. The minimum Gasteiger partial charge on any atom is -0.370 e. The van der Waals surface area contributed by atoms with Crippen LogP contribution in [0.5, 0.6) is 0 Å². The topological polar surface area (TPSA) is 56.8 Å². The molecule has 0 aliphatic carbocycles. The SMILES string of the molecule is O=C(N[C@H]1CO[C@H]2[C@H]1OC[C@@H]2OCc1ccccc1)c1ccc(C(F)(F)F)cc1. The van der Waals surface area contributed by atoms with Crippen LogP contribution in [0, 0.1) is 0 Å². The lowest BCUT2D eigenvalue weighted by atomic mass is 10.1. The van der Waals surface area contributed by atoms with E-state index in [4.69, 9.17) is 14.2 Å². The Morgan fingerprint density at radius 3 is 2.38 bits per heavy atom. The maximum Gasteiger partial charge on any atom is 0.416 e. The number of hydrogen-bond donors (Lipinski definition) is 1. The minimum atomic E-state index is -4.44. The maximum atomic E-state index is 12.7. The fourth-order valence-corrected chi connectivity index (χ4v) is 3.57. The second-order valence-corrected chi connectivity index (χ2v) is 7.09. The number of rotatable bonds is 5. The van der Waals surface area contributed by atoms with Gasteiger partial charge in [0.25, 0.3) is 5.91 Å². The molecule has 2 aliphatic rings. The molecule has 0 spiro atoms. The zero-order chi connectivity index (χ0) is 20.4. The van der Waals surface area contributed by atoms with Crippen molar-refractivity contribution in [3.8, 4) is 0 Å². The molecule has 2 heterocycles. The van der Waals surface area contributed by atoms with E-state index >= 15 is 0 Å². The zero-order valence-corrected chi connectivity index (χ0v) is 15.4. The molecule has 0 saturated carbocycles. The van der Waals surface area contributed by atoms with E-state index in [2.05, 4.69) is 5.32 Å². The Bertz CT molecular complexity index is 841.